The third kappa shape index (κ3) is 1.51. The average molecular weight is 154 g/mol. The third-order valence-corrected chi connectivity index (χ3v) is 6.67. The molecule has 0 spiro atoms. The van der Waals surface area contributed by atoms with Crippen molar-refractivity contribution in [2.45, 2.75) is 44.3 Å². The van der Waals surface area contributed by atoms with Crippen LogP contribution in [-0.2, 0) is 0 Å². The van der Waals surface area contributed by atoms with Gasteiger partial charge in [0.05, 0.1) is 8.07 Å². The van der Waals surface area contributed by atoms with E-state index < -0.39 is 8.07 Å². The minimum absolute atomic E-state index is 0.980. The van der Waals surface area contributed by atoms with E-state index in [9.17, 15) is 0 Å². The molecule has 0 aliphatic heterocycles. The monoisotopic (exact) mass is 154 g/mol. The van der Waals surface area contributed by atoms with E-state index in [4.69, 9.17) is 0 Å². The van der Waals surface area contributed by atoms with E-state index >= 15 is 0 Å². The minimum atomic E-state index is -0.980. The van der Waals surface area contributed by atoms with Gasteiger partial charge in [-0.1, -0.05) is 38.8 Å². The number of hydrogen-bond acceptors (Lipinski definition) is 0. The zero-order valence-corrected chi connectivity index (χ0v) is 8.19. The Kier molecular flexibility index (Phi) is 2.35. The third-order valence-electron chi connectivity index (χ3n) is 2.93. The van der Waals surface area contributed by atoms with Gasteiger partial charge in [-0.05, 0) is 5.54 Å². The van der Waals surface area contributed by atoms with E-state index in [-0.39, 0.29) is 0 Å². The lowest BCUT2D eigenvalue weighted by Crippen LogP contribution is -2.28. The van der Waals surface area contributed by atoms with Crippen LogP contribution in [0.5, 0.6) is 0 Å². The summed E-state index contributed by atoms with van der Waals surface area (Å²) in [6.07, 6.45) is 5.89. The van der Waals surface area contributed by atoms with Gasteiger partial charge >= 0.3 is 0 Å². The Morgan fingerprint density at radius 2 is 1.80 bits per heavy atom. The van der Waals surface area contributed by atoms with Crippen LogP contribution in [0.3, 0.4) is 0 Å². The van der Waals surface area contributed by atoms with E-state index in [0.717, 1.165) is 5.54 Å². The van der Waals surface area contributed by atoms with Gasteiger partial charge in [0.1, 0.15) is 0 Å². The molecule has 1 fully saturated rings. The van der Waals surface area contributed by atoms with E-state index in [2.05, 4.69) is 25.4 Å². The van der Waals surface area contributed by atoms with Crippen LogP contribution in [0.15, 0.2) is 12.3 Å². The van der Waals surface area contributed by atoms with Gasteiger partial charge in [0.25, 0.3) is 0 Å². The van der Waals surface area contributed by atoms with Crippen molar-refractivity contribution in [3.05, 3.63) is 12.3 Å². The fourth-order valence-electron chi connectivity index (χ4n) is 1.84. The summed E-state index contributed by atoms with van der Waals surface area (Å²) in [7, 11) is -0.980. The van der Waals surface area contributed by atoms with Crippen molar-refractivity contribution in [1.82, 2.24) is 0 Å². The molecule has 0 amide bonds. The second-order valence-corrected chi connectivity index (χ2v) is 8.87. The van der Waals surface area contributed by atoms with Crippen LogP contribution in [0.25, 0.3) is 0 Å². The molecule has 0 N–H and O–H groups in total. The molecular formula is C9H18Si. The average Bonchev–Trinajstić information content (AvgIpc) is 2.38. The maximum atomic E-state index is 3.94. The first-order valence-electron chi connectivity index (χ1n) is 4.30. The Labute approximate surface area is 65.3 Å². The summed E-state index contributed by atoms with van der Waals surface area (Å²) in [5.41, 5.74) is 3.30. The van der Waals surface area contributed by atoms with Gasteiger partial charge in [0.15, 0.2) is 0 Å². The Morgan fingerprint density at radius 3 is 2.20 bits per heavy atom. The molecule has 1 aliphatic carbocycles. The molecule has 0 heterocycles. The molecular weight excluding hydrogens is 136 g/mol. The quantitative estimate of drug-likeness (QED) is 0.535. The van der Waals surface area contributed by atoms with Gasteiger partial charge in [0, 0.05) is 0 Å². The molecule has 0 radical (unpaired) electrons. The van der Waals surface area contributed by atoms with Crippen molar-refractivity contribution in [3.63, 3.8) is 0 Å². The van der Waals surface area contributed by atoms with Crippen molar-refractivity contribution in [1.29, 1.82) is 0 Å². The normalized spacial score (nSPS) is 21.4. The van der Waals surface area contributed by atoms with E-state index in [1.165, 1.54) is 25.7 Å². The van der Waals surface area contributed by atoms with Gasteiger partial charge in [0.2, 0.25) is 0 Å². The topological polar surface area (TPSA) is 0 Å². The second kappa shape index (κ2) is 2.91. The molecule has 0 aromatic rings. The van der Waals surface area contributed by atoms with Gasteiger partial charge in [-0.3, -0.25) is 0 Å². The highest BCUT2D eigenvalue weighted by Crippen LogP contribution is 2.38. The highest BCUT2D eigenvalue weighted by atomic mass is 28.3. The van der Waals surface area contributed by atoms with Crippen LogP contribution < -0.4 is 0 Å². The van der Waals surface area contributed by atoms with Crippen molar-refractivity contribution in [3.8, 4) is 0 Å². The predicted molar refractivity (Wildman–Crippen MR) is 49.9 cm³/mol. The zero-order valence-electron chi connectivity index (χ0n) is 7.19. The Hall–Kier alpha value is -0.0431. The smallest absolute Gasteiger partial charge is 0.0740 e. The molecule has 1 rings (SSSR count). The summed E-state index contributed by atoms with van der Waals surface area (Å²) in [6, 6.07) is 0. The maximum Gasteiger partial charge on any atom is 0.0740 e. The van der Waals surface area contributed by atoms with Crippen LogP contribution >= 0.6 is 0 Å². The van der Waals surface area contributed by atoms with Gasteiger partial charge in [-0.15, -0.1) is 12.3 Å². The first-order chi connectivity index (χ1) is 4.67. The summed E-state index contributed by atoms with van der Waals surface area (Å²) >= 11 is 0. The molecule has 0 atom stereocenters. The number of rotatable bonds is 2. The summed E-state index contributed by atoms with van der Waals surface area (Å²) in [6.45, 7) is 8.82. The van der Waals surface area contributed by atoms with Gasteiger partial charge < -0.3 is 0 Å². The molecule has 58 valence electrons. The largest absolute Gasteiger partial charge is 0.107 e. The Morgan fingerprint density at radius 1 is 1.30 bits per heavy atom. The highest BCUT2D eigenvalue weighted by Gasteiger charge is 2.30. The van der Waals surface area contributed by atoms with Crippen LogP contribution in [0, 0.1) is 0 Å². The van der Waals surface area contributed by atoms with Crippen LogP contribution in [-0.4, -0.2) is 8.07 Å². The molecule has 0 aromatic carbocycles. The van der Waals surface area contributed by atoms with Crippen molar-refractivity contribution < 1.29 is 0 Å². The molecule has 0 bridgehead atoms. The van der Waals surface area contributed by atoms with Crippen molar-refractivity contribution in [2.24, 2.45) is 0 Å². The Balaban J connectivity index is 2.53. The molecule has 0 aromatic heterocycles. The summed E-state index contributed by atoms with van der Waals surface area (Å²) in [5, 5.41) is 0. The predicted octanol–water partition coefficient (Wildman–Crippen LogP) is 3.36. The molecule has 1 aliphatic rings. The minimum Gasteiger partial charge on any atom is -0.107 e. The van der Waals surface area contributed by atoms with Gasteiger partial charge in [-0.2, -0.15) is 0 Å². The molecule has 10 heavy (non-hydrogen) atoms. The fourth-order valence-corrected chi connectivity index (χ4v) is 4.07. The summed E-state index contributed by atoms with van der Waals surface area (Å²) in [5.74, 6) is 0. The standard InChI is InChI=1S/C9H18Si/c1-4-10(2,3)9-7-5-6-8-9/h4,9H,1,5-8H2,2-3H3. The maximum absolute atomic E-state index is 3.94. The second-order valence-electron chi connectivity index (χ2n) is 4.01. The lowest BCUT2D eigenvalue weighted by Gasteiger charge is -2.24. The Bertz CT molecular complexity index is 121. The first kappa shape index (κ1) is 8.06. The molecule has 0 nitrogen and oxygen atoms in total. The van der Waals surface area contributed by atoms with E-state index in [1.54, 1.807) is 0 Å². The van der Waals surface area contributed by atoms with Crippen molar-refractivity contribution >= 4 is 8.07 Å². The first-order valence-corrected chi connectivity index (χ1v) is 7.46. The zero-order chi connectivity index (χ0) is 7.61. The van der Waals surface area contributed by atoms with E-state index in [1.807, 2.05) is 0 Å². The molecule has 0 saturated heterocycles. The molecule has 0 unspecified atom stereocenters. The molecule has 1 heteroatoms. The highest BCUT2D eigenvalue weighted by molar-refractivity contribution is 6.83. The van der Waals surface area contributed by atoms with Crippen LogP contribution in [0.4, 0.5) is 0 Å². The lowest BCUT2D eigenvalue weighted by atomic mass is 10.4. The SMILES string of the molecule is C=C[Si](C)(C)C1CCCC1. The van der Waals surface area contributed by atoms with Crippen molar-refractivity contribution in [2.75, 3.05) is 0 Å². The van der Waals surface area contributed by atoms with Gasteiger partial charge in [-0.25, -0.2) is 0 Å². The number of hydrogen-bond donors (Lipinski definition) is 0. The van der Waals surface area contributed by atoms with Crippen LogP contribution in [0.1, 0.15) is 25.7 Å². The molecule has 1 saturated carbocycles. The van der Waals surface area contributed by atoms with Crippen LogP contribution in [0.2, 0.25) is 18.6 Å². The fraction of sp³-hybridized carbons (Fsp3) is 0.778. The summed E-state index contributed by atoms with van der Waals surface area (Å²) < 4.78 is 0. The van der Waals surface area contributed by atoms with E-state index in [0.29, 0.717) is 0 Å². The lowest BCUT2D eigenvalue weighted by molar-refractivity contribution is 0.844. The summed E-state index contributed by atoms with van der Waals surface area (Å²) in [4.78, 5) is 0.